The van der Waals surface area contributed by atoms with E-state index in [4.69, 9.17) is 56.2 Å². The third-order valence-electron chi connectivity index (χ3n) is 7.34. The predicted octanol–water partition coefficient (Wildman–Crippen LogP) is 0.355. The zero-order valence-corrected chi connectivity index (χ0v) is 28.0. The van der Waals surface area contributed by atoms with Crippen molar-refractivity contribution in [2.45, 2.75) is 172 Å². The molecule has 0 amide bonds. The molecule has 0 aromatic heterocycles. The molecule has 46 heavy (non-hydrogen) atoms. The van der Waals surface area contributed by atoms with Gasteiger partial charge in [0.15, 0.2) is 11.6 Å². The minimum absolute atomic E-state index is 0.345. The fraction of sp³-hybridized carbons (Fsp3) is 0.906. The molecule has 276 valence electrons. The van der Waals surface area contributed by atoms with Crippen molar-refractivity contribution in [1.29, 1.82) is 0 Å². The molecule has 0 rings (SSSR count). The number of carboxylic acid groups (broad SMARTS) is 1. The molecule has 0 fully saturated rings. The number of hydrogen-bond acceptors (Lipinski definition) is 13. The molecule has 0 aliphatic rings. The van der Waals surface area contributed by atoms with Gasteiger partial charge in [0.05, 0.1) is 13.2 Å². The Labute approximate surface area is 273 Å². The molecule has 0 saturated carbocycles. The maximum atomic E-state index is 10.5. The van der Waals surface area contributed by atoms with Crippen LogP contribution in [0.1, 0.15) is 124 Å². The topological polar surface area (TPSA) is 274 Å². The minimum Gasteiger partial charge on any atom is -0.481 e. The number of carbonyl (C=O) groups excluding carboxylic acids is 2. The molecule has 8 atom stereocenters. The Hall–Kier alpha value is -1.59. The molecular weight excluding hydrogens is 608 g/mol. The van der Waals surface area contributed by atoms with Gasteiger partial charge in [-0.25, -0.2) is 0 Å². The van der Waals surface area contributed by atoms with Crippen molar-refractivity contribution in [2.24, 2.45) is 0 Å². The molecule has 0 unspecified atom stereocenters. The first kappa shape index (κ1) is 48.8. The largest absolute Gasteiger partial charge is 0.481 e. The Morgan fingerprint density at radius 3 is 0.935 bits per heavy atom. The van der Waals surface area contributed by atoms with Gasteiger partial charge >= 0.3 is 5.97 Å². The summed E-state index contributed by atoms with van der Waals surface area (Å²) in [6.07, 6.45) is 6.46. The number of aliphatic carboxylic acids is 1. The summed E-state index contributed by atoms with van der Waals surface area (Å²) in [4.78, 5) is 31.4. The van der Waals surface area contributed by atoms with Crippen LogP contribution in [0.4, 0.5) is 0 Å². The summed E-state index contributed by atoms with van der Waals surface area (Å²) < 4.78 is 0. The lowest BCUT2D eigenvalue weighted by Gasteiger charge is -2.23. The summed E-state index contributed by atoms with van der Waals surface area (Å²) in [5.74, 6) is -2.10. The van der Waals surface area contributed by atoms with E-state index < -0.39 is 79.6 Å². The van der Waals surface area contributed by atoms with Crippen LogP contribution < -0.4 is 0 Å². The lowest BCUT2D eigenvalue weighted by molar-refractivity contribution is -0.145. The Kier molecular flexibility index (Phi) is 33.9. The van der Waals surface area contributed by atoms with E-state index in [0.717, 1.165) is 26.7 Å². The number of ketones is 2. The Balaban J connectivity index is -0.000000627. The van der Waals surface area contributed by atoms with Crippen molar-refractivity contribution < 1.29 is 70.6 Å². The number of aliphatic hydroxyl groups is 10. The van der Waals surface area contributed by atoms with Crippen LogP contribution in [-0.2, 0) is 14.4 Å². The van der Waals surface area contributed by atoms with Gasteiger partial charge in [-0.3, -0.25) is 14.4 Å². The van der Waals surface area contributed by atoms with Crippen LogP contribution in [0.2, 0.25) is 0 Å². The molecule has 0 aliphatic carbocycles. The van der Waals surface area contributed by atoms with Gasteiger partial charge in [-0.05, 0) is 20.3 Å². The number of Topliss-reactive ketones (excluding diaryl/α,β-unsaturated/α-hetero) is 2. The summed E-state index contributed by atoms with van der Waals surface area (Å²) in [5, 5.41) is 97.1. The molecule has 11 N–H and O–H groups in total. The second-order valence-electron chi connectivity index (χ2n) is 11.7. The Bertz CT molecular complexity index is 700. The number of rotatable bonds is 26. The summed E-state index contributed by atoms with van der Waals surface area (Å²) in [7, 11) is 0. The summed E-state index contributed by atoms with van der Waals surface area (Å²) >= 11 is 0. The number of aliphatic hydroxyl groups excluding tert-OH is 10. The van der Waals surface area contributed by atoms with Gasteiger partial charge in [0, 0.05) is 6.42 Å². The van der Waals surface area contributed by atoms with E-state index in [9.17, 15) is 14.4 Å². The van der Waals surface area contributed by atoms with Crippen LogP contribution in [0.3, 0.4) is 0 Å². The molecule has 0 radical (unpaired) electrons. The molecule has 14 heteroatoms. The summed E-state index contributed by atoms with van der Waals surface area (Å²) in [6, 6.07) is 0. The van der Waals surface area contributed by atoms with Gasteiger partial charge in [0.1, 0.15) is 48.8 Å². The maximum absolute atomic E-state index is 10.5. The molecule has 0 aromatic carbocycles. The van der Waals surface area contributed by atoms with Crippen molar-refractivity contribution in [3.8, 4) is 0 Å². The highest BCUT2D eigenvalue weighted by Crippen LogP contribution is 2.14. The number of carboxylic acids is 1. The summed E-state index contributed by atoms with van der Waals surface area (Å²) in [6.45, 7) is 2.82. The lowest BCUT2D eigenvalue weighted by Crippen LogP contribution is -2.48. The van der Waals surface area contributed by atoms with Crippen LogP contribution in [0, 0.1) is 0 Å². The van der Waals surface area contributed by atoms with Crippen molar-refractivity contribution >= 4 is 17.5 Å². The van der Waals surface area contributed by atoms with Gasteiger partial charge in [-0.15, -0.1) is 0 Å². The average Bonchev–Trinajstić information content (AvgIpc) is 3.03. The highest BCUT2D eigenvalue weighted by Gasteiger charge is 2.33. The Morgan fingerprint density at radius 1 is 0.457 bits per heavy atom. The molecule has 0 saturated heterocycles. The van der Waals surface area contributed by atoms with E-state index in [1.165, 1.54) is 83.5 Å². The third-order valence-corrected chi connectivity index (χ3v) is 7.34. The highest BCUT2D eigenvalue weighted by atomic mass is 16.4. The second-order valence-corrected chi connectivity index (χ2v) is 11.7. The van der Waals surface area contributed by atoms with E-state index in [2.05, 4.69) is 6.92 Å². The third kappa shape index (κ3) is 27.5. The number of unbranched alkanes of at least 4 members (excludes halogenated alkanes) is 14. The lowest BCUT2D eigenvalue weighted by atomic mass is 10.0. The monoisotopic (exact) mass is 672 g/mol. The van der Waals surface area contributed by atoms with Crippen LogP contribution in [0.25, 0.3) is 0 Å². The number of hydrogen-bond donors (Lipinski definition) is 11. The van der Waals surface area contributed by atoms with Crippen LogP contribution >= 0.6 is 0 Å². The minimum atomic E-state index is -1.79. The fourth-order valence-corrected chi connectivity index (χ4v) is 4.17. The quantitative estimate of drug-likeness (QED) is 0.0554. The first-order chi connectivity index (χ1) is 21.6. The predicted molar refractivity (Wildman–Crippen MR) is 171 cm³/mol. The molecule has 0 heterocycles. The molecule has 0 aliphatic heterocycles. The van der Waals surface area contributed by atoms with E-state index in [-0.39, 0.29) is 0 Å². The van der Waals surface area contributed by atoms with Crippen LogP contribution in [-0.4, -0.2) is 136 Å². The Morgan fingerprint density at radius 2 is 0.717 bits per heavy atom. The summed E-state index contributed by atoms with van der Waals surface area (Å²) in [5.41, 5.74) is 0. The van der Waals surface area contributed by atoms with Crippen LogP contribution in [0.15, 0.2) is 0 Å². The van der Waals surface area contributed by atoms with Crippen molar-refractivity contribution in [1.82, 2.24) is 0 Å². The molecular formula is C32H64O14. The van der Waals surface area contributed by atoms with Crippen molar-refractivity contribution in [3.05, 3.63) is 0 Å². The van der Waals surface area contributed by atoms with Gasteiger partial charge in [0.25, 0.3) is 0 Å². The van der Waals surface area contributed by atoms with Gasteiger partial charge < -0.3 is 56.2 Å². The normalized spacial score (nSPS) is 16.3. The van der Waals surface area contributed by atoms with Crippen molar-refractivity contribution in [2.75, 3.05) is 13.2 Å². The van der Waals surface area contributed by atoms with Gasteiger partial charge in [0.2, 0.25) is 0 Å². The van der Waals surface area contributed by atoms with Gasteiger partial charge in [-0.2, -0.15) is 0 Å². The van der Waals surface area contributed by atoms with E-state index in [0.29, 0.717) is 6.42 Å². The highest BCUT2D eigenvalue weighted by molar-refractivity contribution is 5.81. The number of carbonyl (C=O) groups is 3. The van der Waals surface area contributed by atoms with Crippen molar-refractivity contribution in [3.63, 3.8) is 0 Å². The first-order valence-corrected chi connectivity index (χ1v) is 16.5. The molecule has 0 bridgehead atoms. The van der Waals surface area contributed by atoms with Gasteiger partial charge in [-0.1, -0.05) is 96.8 Å². The van der Waals surface area contributed by atoms with E-state index in [1.54, 1.807) is 0 Å². The SMILES string of the molecule is CC(=O)[C@H](O)[C@@H](O)[C@H](O)[C@H](O)CO.CC(=O)[C@H](O)[C@@H](O)[C@H](O)[C@H](O)CO.CCCCCCCCCCCCCCCCCC(=O)O. The zero-order chi connectivity index (χ0) is 36.1. The average molecular weight is 673 g/mol. The molecule has 0 spiro atoms. The molecule has 0 aromatic rings. The zero-order valence-electron chi connectivity index (χ0n) is 28.0. The second kappa shape index (κ2) is 32.0. The standard InChI is InChI=1S/C18H36O2.2C7H14O6/c1-2-3-4-5-6-7-8-9-10-11-12-13-14-15-16-17-18(19)20;2*1-3(9)5(11)7(13)6(12)4(10)2-8/h2-17H2,1H3,(H,19,20);2*4-8,10-13H,2H2,1H3/t;2*4-,5+,6-,7-/m.11/s1. The van der Waals surface area contributed by atoms with E-state index in [1.807, 2.05) is 0 Å². The first-order valence-electron chi connectivity index (χ1n) is 16.5. The fourth-order valence-electron chi connectivity index (χ4n) is 4.17. The van der Waals surface area contributed by atoms with E-state index >= 15 is 0 Å². The smallest absolute Gasteiger partial charge is 0.303 e. The maximum Gasteiger partial charge on any atom is 0.303 e. The van der Waals surface area contributed by atoms with Crippen LogP contribution in [0.5, 0.6) is 0 Å². The molecule has 14 nitrogen and oxygen atoms in total.